The van der Waals surface area contributed by atoms with Crippen LogP contribution in [-0.2, 0) is 77.3 Å². The van der Waals surface area contributed by atoms with Crippen molar-refractivity contribution in [3.63, 3.8) is 0 Å². The Morgan fingerprint density at radius 3 is 1.71 bits per heavy atom. The minimum Gasteiger partial charge on any atom is -0.370 e. The lowest BCUT2D eigenvalue weighted by Crippen LogP contribution is -2.64. The van der Waals surface area contributed by atoms with Crippen molar-refractivity contribution in [2.75, 3.05) is 13.1 Å². The molecule has 4 aliphatic rings. The number of nitrogens with zero attached hydrogens (tertiary/aromatic N) is 4. The third-order valence-electron chi connectivity index (χ3n) is 14.4. The maximum atomic E-state index is 15.6. The summed E-state index contributed by atoms with van der Waals surface area (Å²) < 4.78 is 0. The van der Waals surface area contributed by atoms with Gasteiger partial charge < -0.3 is 64.2 Å². The van der Waals surface area contributed by atoms with E-state index in [1.54, 1.807) is 6.07 Å². The number of urea groups is 1. The number of hydrogen-bond donors (Lipinski definition) is 9. The Kier molecular flexibility index (Phi) is 18.4. The smallest absolute Gasteiger partial charge is 0.312 e. The van der Waals surface area contributed by atoms with Gasteiger partial charge in [0.05, 0.1) is 6.42 Å². The van der Waals surface area contributed by atoms with Crippen LogP contribution >= 0.6 is 0 Å². The average Bonchev–Trinajstić information content (AvgIpc) is 3.39. The van der Waals surface area contributed by atoms with Gasteiger partial charge in [-0.2, -0.15) is 0 Å². The Bertz CT molecular complexity index is 2680. The molecule has 0 bridgehead atoms. The number of rotatable bonds is 11. The lowest BCUT2D eigenvalue weighted by Gasteiger charge is -2.43. The molecule has 22 heteroatoms. The van der Waals surface area contributed by atoms with E-state index in [4.69, 9.17) is 22.9 Å². The average molecular weight is 1030 g/mol. The maximum Gasteiger partial charge on any atom is 0.312 e. The Morgan fingerprint density at radius 2 is 1.17 bits per heavy atom. The molecule has 400 valence electrons. The van der Waals surface area contributed by atoms with Crippen LogP contribution in [0.1, 0.15) is 98.1 Å². The number of carbonyl (C=O) groups is 9. The van der Waals surface area contributed by atoms with E-state index in [0.29, 0.717) is 25.7 Å². The molecular formula is C53H69N13O9. The summed E-state index contributed by atoms with van der Waals surface area (Å²) in [6.07, 6.45) is 1.85. The summed E-state index contributed by atoms with van der Waals surface area (Å²) in [5.74, 6) is -5.66. The van der Waals surface area contributed by atoms with Crippen LogP contribution in [0.15, 0.2) is 77.8 Å². The molecule has 7 rings (SSSR count). The highest BCUT2D eigenvalue weighted by Crippen LogP contribution is 2.31. The molecule has 3 aromatic rings. The second-order valence-corrected chi connectivity index (χ2v) is 19.7. The van der Waals surface area contributed by atoms with Gasteiger partial charge >= 0.3 is 6.03 Å². The molecule has 75 heavy (non-hydrogen) atoms. The maximum absolute atomic E-state index is 15.6. The summed E-state index contributed by atoms with van der Waals surface area (Å²) in [4.78, 5) is 137. The van der Waals surface area contributed by atoms with E-state index >= 15 is 19.2 Å². The molecule has 0 saturated carbocycles. The normalized spacial score (nSPS) is 23.2. The highest BCUT2D eigenvalue weighted by molar-refractivity contribution is 5.99. The summed E-state index contributed by atoms with van der Waals surface area (Å²) in [6, 6.07) is 12.3. The van der Waals surface area contributed by atoms with Gasteiger partial charge in [-0.15, -0.1) is 0 Å². The van der Waals surface area contributed by atoms with Crippen molar-refractivity contribution in [2.24, 2.45) is 27.9 Å². The van der Waals surface area contributed by atoms with E-state index < -0.39 is 102 Å². The zero-order valence-corrected chi connectivity index (χ0v) is 42.3. The monoisotopic (exact) mass is 1030 g/mol. The molecule has 7 atom stereocenters. The molecule has 0 unspecified atom stereocenters. The molecule has 1 saturated heterocycles. The van der Waals surface area contributed by atoms with Crippen molar-refractivity contribution in [2.45, 2.75) is 146 Å². The van der Waals surface area contributed by atoms with Gasteiger partial charge in [-0.05, 0) is 71.9 Å². The zero-order valence-electron chi connectivity index (χ0n) is 42.3. The Balaban J connectivity index is 1.31. The number of nitrogens with two attached hydrogens (primary N) is 4. The number of aliphatic imine (C=N–C) groups is 1. The molecule has 13 N–H and O–H groups in total. The van der Waals surface area contributed by atoms with Crippen molar-refractivity contribution >= 4 is 59.2 Å². The van der Waals surface area contributed by atoms with Crippen LogP contribution in [0, 0.1) is 0 Å². The van der Waals surface area contributed by atoms with Gasteiger partial charge in [-0.1, -0.05) is 92.6 Å². The first kappa shape index (κ1) is 54.7. The van der Waals surface area contributed by atoms with E-state index in [1.165, 1.54) is 14.7 Å². The van der Waals surface area contributed by atoms with E-state index in [-0.39, 0.29) is 83.6 Å². The number of nitrogens with one attached hydrogen (secondary N) is 5. The number of guanidine groups is 1. The number of amides is 10. The molecule has 4 heterocycles. The second-order valence-electron chi connectivity index (χ2n) is 19.7. The third kappa shape index (κ3) is 13.8. The quantitative estimate of drug-likeness (QED) is 0.0686. The van der Waals surface area contributed by atoms with Crippen LogP contribution in [0.25, 0.3) is 0 Å². The zero-order chi connectivity index (χ0) is 53.8. The fourth-order valence-electron chi connectivity index (χ4n) is 10.4. The van der Waals surface area contributed by atoms with E-state index in [9.17, 15) is 24.0 Å². The summed E-state index contributed by atoms with van der Waals surface area (Å²) >= 11 is 0. The molecule has 10 amide bonds. The summed E-state index contributed by atoms with van der Waals surface area (Å²) in [6.45, 7) is 1.91. The first-order valence-corrected chi connectivity index (χ1v) is 25.7. The van der Waals surface area contributed by atoms with Crippen LogP contribution in [0.3, 0.4) is 0 Å². The van der Waals surface area contributed by atoms with Gasteiger partial charge in [-0.25, -0.2) is 4.79 Å². The molecule has 4 aliphatic heterocycles. The van der Waals surface area contributed by atoms with Crippen molar-refractivity contribution in [3.8, 4) is 0 Å². The van der Waals surface area contributed by atoms with Gasteiger partial charge in [0.15, 0.2) is 5.96 Å². The van der Waals surface area contributed by atoms with E-state index in [1.807, 2.05) is 73.7 Å². The predicted octanol–water partition coefficient (Wildman–Crippen LogP) is -0.243. The summed E-state index contributed by atoms with van der Waals surface area (Å²) in [5.41, 5.74) is 27.2. The predicted molar refractivity (Wildman–Crippen MR) is 276 cm³/mol. The SMILES string of the molecule is CCCC[C@H](NC(N)=O)C(=O)N[C@H]1CC(=O)NCCCC[C@@H](C(N)=O)NC(=O)[C@@H]2Cc3ccccc3CN2C(=O)[C@H](CCCN=C(N)N)NC(=O)[C@H]2Cc3ccccc3CN2C(=O)[C@@H]2Cc3ccccc3CN2C1=O. The first-order valence-electron chi connectivity index (χ1n) is 25.7. The van der Waals surface area contributed by atoms with E-state index in [2.05, 4.69) is 31.6 Å². The van der Waals surface area contributed by atoms with Gasteiger partial charge in [0.25, 0.3) is 0 Å². The van der Waals surface area contributed by atoms with Crippen LogP contribution in [0.5, 0.6) is 0 Å². The number of carbonyl (C=O) groups excluding carboxylic acids is 9. The summed E-state index contributed by atoms with van der Waals surface area (Å²) in [5, 5.41) is 13.7. The topological polar surface area (TPSA) is 340 Å². The van der Waals surface area contributed by atoms with Crippen LogP contribution in [-0.4, -0.2) is 129 Å². The van der Waals surface area contributed by atoms with Crippen LogP contribution in [0.4, 0.5) is 4.79 Å². The van der Waals surface area contributed by atoms with Crippen LogP contribution < -0.4 is 49.5 Å². The van der Waals surface area contributed by atoms with E-state index in [0.717, 1.165) is 33.4 Å². The fourth-order valence-corrected chi connectivity index (χ4v) is 10.4. The van der Waals surface area contributed by atoms with Crippen LogP contribution in [0.2, 0.25) is 0 Å². The second kappa shape index (κ2) is 25.3. The lowest BCUT2D eigenvalue weighted by molar-refractivity contribution is -0.154. The Morgan fingerprint density at radius 1 is 0.653 bits per heavy atom. The molecule has 0 radical (unpaired) electrons. The standard InChI is InChI=1S/C53H69N13O9/c1-2-3-19-38(63-53(57)75)46(69)62-40-27-44(67)58-22-11-10-20-37(45(54)68)60-47(70)41-24-31-13-4-7-16-34(31)28-64(41)49(72)39(21-12-23-59-52(55)56)61-48(71)42-25-32-14-5-8-17-35(32)29-65(42)51(74)43-26-33-15-6-9-18-36(33)30-66(43)50(40)73/h4-9,13-18,37-43H,2-3,10-12,19-30H2,1H3,(H2,54,68)(H,58,67)(H,60,70)(H,61,71)(H,62,69)(H4,55,56,59)(H3,57,63,75)/t37-,38-,39-,40-,41-,42+,43-/m0/s1. The van der Waals surface area contributed by atoms with Crippen molar-refractivity contribution in [3.05, 3.63) is 106 Å². The van der Waals surface area contributed by atoms with Gasteiger partial charge in [0, 0.05) is 52.0 Å². The van der Waals surface area contributed by atoms with Crippen molar-refractivity contribution in [1.29, 1.82) is 0 Å². The minimum atomic E-state index is -1.55. The molecule has 3 aromatic carbocycles. The van der Waals surface area contributed by atoms with Crippen molar-refractivity contribution < 1.29 is 43.2 Å². The van der Waals surface area contributed by atoms with Gasteiger partial charge in [0.1, 0.15) is 42.3 Å². The van der Waals surface area contributed by atoms with Gasteiger partial charge in [-0.3, -0.25) is 43.3 Å². The molecular weight excluding hydrogens is 963 g/mol. The molecule has 0 aromatic heterocycles. The lowest BCUT2D eigenvalue weighted by atomic mass is 9.89. The van der Waals surface area contributed by atoms with Crippen molar-refractivity contribution in [1.82, 2.24) is 41.3 Å². The number of fused-ring (bicyclic) bond motifs is 6. The highest BCUT2D eigenvalue weighted by atomic mass is 16.2. The number of primary amides is 2. The Hall–Kier alpha value is -8.04. The minimum absolute atomic E-state index is 0.00870. The summed E-state index contributed by atoms with van der Waals surface area (Å²) in [7, 11) is 0. The van der Waals surface area contributed by atoms with Gasteiger partial charge in [0.2, 0.25) is 47.3 Å². The Labute approximate surface area is 435 Å². The highest BCUT2D eigenvalue weighted by Gasteiger charge is 2.46. The molecule has 0 spiro atoms. The number of benzene rings is 3. The molecule has 22 nitrogen and oxygen atoms in total. The molecule has 0 aliphatic carbocycles. The molecule has 1 fully saturated rings. The first-order chi connectivity index (χ1) is 36.0. The third-order valence-corrected chi connectivity index (χ3v) is 14.4. The number of unbranched alkanes of at least 4 members (excludes halogenated alkanes) is 1. The number of hydrogen-bond acceptors (Lipinski definition) is 10. The largest absolute Gasteiger partial charge is 0.370 e. The fraction of sp³-hybridized carbons (Fsp3) is 0.472.